The topological polar surface area (TPSA) is 38.0 Å². The predicted molar refractivity (Wildman–Crippen MR) is 68.6 cm³/mol. The Balaban J connectivity index is 2.80. The fourth-order valence-electron chi connectivity index (χ4n) is 0.985. The van der Waals surface area contributed by atoms with Crippen LogP contribution in [0.2, 0.25) is 0 Å². The summed E-state index contributed by atoms with van der Waals surface area (Å²) in [5, 5.41) is 3.35. The van der Waals surface area contributed by atoms with Crippen LogP contribution in [0.25, 0.3) is 0 Å². The molecule has 0 heterocycles. The summed E-state index contributed by atoms with van der Waals surface area (Å²) in [4.78, 5) is 0. The van der Waals surface area contributed by atoms with Gasteiger partial charge in [0.25, 0.3) is 0 Å². The minimum absolute atomic E-state index is 0.126. The third kappa shape index (κ3) is 3.26. The van der Waals surface area contributed by atoms with E-state index in [0.29, 0.717) is 0 Å². The summed E-state index contributed by atoms with van der Waals surface area (Å²) in [6, 6.07) is 6.40. The van der Waals surface area contributed by atoms with E-state index in [2.05, 4.69) is 44.1 Å². The number of hydrogen-bond donors (Lipinski definition) is 2. The first kappa shape index (κ1) is 12.0. The van der Waals surface area contributed by atoms with Gasteiger partial charge in [-0.15, -0.1) is 0 Å². The number of nitrogens with one attached hydrogen (secondary N) is 1. The summed E-state index contributed by atoms with van der Waals surface area (Å²) in [5.41, 5.74) is 6.84. The van der Waals surface area contributed by atoms with Crippen molar-refractivity contribution < 1.29 is 0 Å². The second-order valence-electron chi connectivity index (χ2n) is 3.42. The van der Waals surface area contributed by atoms with Crippen molar-refractivity contribution >= 4 is 37.5 Å². The van der Waals surface area contributed by atoms with Gasteiger partial charge in [0.1, 0.15) is 0 Å². The van der Waals surface area contributed by atoms with Gasteiger partial charge in [0.05, 0.1) is 0 Å². The van der Waals surface area contributed by atoms with E-state index in [4.69, 9.17) is 5.73 Å². The number of halogens is 2. The zero-order valence-electron chi connectivity index (χ0n) is 8.22. The first-order valence-corrected chi connectivity index (χ1v) is 6.06. The Morgan fingerprint density at radius 2 is 1.93 bits per heavy atom. The molecule has 0 aliphatic rings. The zero-order valence-corrected chi connectivity index (χ0v) is 11.4. The smallest absolute Gasteiger partial charge is 0.0498 e. The molecule has 0 spiro atoms. The third-order valence-electron chi connectivity index (χ3n) is 2.10. The molecule has 0 saturated heterocycles. The Morgan fingerprint density at radius 1 is 1.29 bits per heavy atom. The first-order chi connectivity index (χ1) is 6.50. The van der Waals surface area contributed by atoms with Crippen LogP contribution in [-0.2, 0) is 0 Å². The fraction of sp³-hybridized carbons (Fsp3) is 0.400. The minimum atomic E-state index is 0.126. The minimum Gasteiger partial charge on any atom is -0.380 e. The van der Waals surface area contributed by atoms with Gasteiger partial charge in [0, 0.05) is 26.7 Å². The van der Waals surface area contributed by atoms with Crippen molar-refractivity contribution in [2.75, 3.05) is 5.32 Å². The summed E-state index contributed by atoms with van der Waals surface area (Å²) < 4.78 is 2.10. The summed E-state index contributed by atoms with van der Waals surface area (Å²) in [6.45, 7) is 4.06. The number of rotatable bonds is 3. The molecule has 0 bridgehead atoms. The van der Waals surface area contributed by atoms with Crippen LogP contribution in [0.5, 0.6) is 0 Å². The van der Waals surface area contributed by atoms with E-state index in [1.165, 1.54) is 0 Å². The molecule has 0 aliphatic carbocycles. The lowest BCUT2D eigenvalue weighted by molar-refractivity contribution is 0.638. The quantitative estimate of drug-likeness (QED) is 0.896. The molecular formula is C10H14Br2N2. The van der Waals surface area contributed by atoms with Crippen molar-refractivity contribution in [1.29, 1.82) is 0 Å². The monoisotopic (exact) mass is 320 g/mol. The first-order valence-electron chi connectivity index (χ1n) is 4.48. The van der Waals surface area contributed by atoms with E-state index in [1.54, 1.807) is 0 Å². The molecule has 2 nitrogen and oxygen atoms in total. The molecule has 0 saturated carbocycles. The van der Waals surface area contributed by atoms with Crippen LogP contribution in [0, 0.1) is 0 Å². The molecule has 0 fully saturated rings. The Morgan fingerprint density at radius 3 is 2.50 bits per heavy atom. The molecule has 1 rings (SSSR count). The van der Waals surface area contributed by atoms with Crippen LogP contribution in [-0.4, -0.2) is 12.1 Å². The largest absolute Gasteiger partial charge is 0.380 e. The number of anilines is 1. The summed E-state index contributed by atoms with van der Waals surface area (Å²) in [6.07, 6.45) is 0. The highest BCUT2D eigenvalue weighted by atomic mass is 79.9. The molecule has 14 heavy (non-hydrogen) atoms. The molecule has 0 aromatic heterocycles. The van der Waals surface area contributed by atoms with E-state index >= 15 is 0 Å². The molecule has 2 unspecified atom stereocenters. The van der Waals surface area contributed by atoms with Gasteiger partial charge in [-0.05, 0) is 48.0 Å². The number of hydrogen-bond acceptors (Lipinski definition) is 2. The predicted octanol–water partition coefficient (Wildman–Crippen LogP) is 3.36. The second-order valence-corrected chi connectivity index (χ2v) is 5.19. The highest BCUT2D eigenvalue weighted by Gasteiger charge is 2.08. The number of benzene rings is 1. The van der Waals surface area contributed by atoms with Crippen LogP contribution in [0.1, 0.15) is 13.8 Å². The standard InChI is InChI=1S/C10H14Br2N2/c1-6(13)7(2)14-10-5-8(11)3-4-9(10)12/h3-7,14H,13H2,1-2H3. The van der Waals surface area contributed by atoms with E-state index in [1.807, 2.05) is 25.1 Å². The van der Waals surface area contributed by atoms with Gasteiger partial charge in [-0.2, -0.15) is 0 Å². The second kappa shape index (κ2) is 5.14. The highest BCUT2D eigenvalue weighted by molar-refractivity contribution is 9.11. The lowest BCUT2D eigenvalue weighted by Gasteiger charge is -2.19. The van der Waals surface area contributed by atoms with Gasteiger partial charge in [-0.3, -0.25) is 0 Å². The van der Waals surface area contributed by atoms with E-state index < -0.39 is 0 Å². The maximum atomic E-state index is 5.78. The molecule has 0 amide bonds. The third-order valence-corrected chi connectivity index (χ3v) is 3.29. The Labute approximate surface area is 102 Å². The molecule has 0 radical (unpaired) electrons. The molecule has 3 N–H and O–H groups in total. The number of nitrogens with two attached hydrogens (primary N) is 1. The average Bonchev–Trinajstić information content (AvgIpc) is 2.11. The van der Waals surface area contributed by atoms with Crippen molar-refractivity contribution in [2.24, 2.45) is 5.73 Å². The molecule has 78 valence electrons. The van der Waals surface area contributed by atoms with Crippen molar-refractivity contribution in [3.63, 3.8) is 0 Å². The van der Waals surface area contributed by atoms with Gasteiger partial charge in [-0.25, -0.2) is 0 Å². The summed E-state index contributed by atoms with van der Waals surface area (Å²) >= 11 is 6.92. The Hall–Kier alpha value is -0.0600. The van der Waals surface area contributed by atoms with Crippen LogP contribution < -0.4 is 11.1 Å². The molecule has 4 heteroatoms. The van der Waals surface area contributed by atoms with Gasteiger partial charge >= 0.3 is 0 Å². The SMILES string of the molecule is CC(N)C(C)Nc1cc(Br)ccc1Br. The lowest BCUT2D eigenvalue weighted by Crippen LogP contribution is -2.35. The maximum absolute atomic E-state index is 5.78. The van der Waals surface area contributed by atoms with Crippen molar-refractivity contribution in [1.82, 2.24) is 0 Å². The molecule has 1 aromatic carbocycles. The lowest BCUT2D eigenvalue weighted by atomic mass is 10.2. The van der Waals surface area contributed by atoms with Gasteiger partial charge in [0.15, 0.2) is 0 Å². The van der Waals surface area contributed by atoms with Crippen molar-refractivity contribution in [3.8, 4) is 0 Å². The highest BCUT2D eigenvalue weighted by Crippen LogP contribution is 2.26. The van der Waals surface area contributed by atoms with Crippen molar-refractivity contribution in [3.05, 3.63) is 27.1 Å². The van der Waals surface area contributed by atoms with Crippen LogP contribution >= 0.6 is 31.9 Å². The normalized spacial score (nSPS) is 14.9. The van der Waals surface area contributed by atoms with E-state index in [0.717, 1.165) is 14.6 Å². The Kier molecular flexibility index (Phi) is 4.41. The van der Waals surface area contributed by atoms with Gasteiger partial charge in [-0.1, -0.05) is 15.9 Å². The van der Waals surface area contributed by atoms with Crippen molar-refractivity contribution in [2.45, 2.75) is 25.9 Å². The molecule has 2 atom stereocenters. The molecule has 1 aromatic rings. The fourth-order valence-corrected chi connectivity index (χ4v) is 1.71. The van der Waals surface area contributed by atoms with Crippen LogP contribution in [0.3, 0.4) is 0 Å². The van der Waals surface area contributed by atoms with Crippen LogP contribution in [0.15, 0.2) is 27.1 Å². The zero-order chi connectivity index (χ0) is 10.7. The average molecular weight is 322 g/mol. The molecular weight excluding hydrogens is 308 g/mol. The van der Waals surface area contributed by atoms with Gasteiger partial charge < -0.3 is 11.1 Å². The van der Waals surface area contributed by atoms with E-state index in [9.17, 15) is 0 Å². The van der Waals surface area contributed by atoms with Crippen LogP contribution in [0.4, 0.5) is 5.69 Å². The maximum Gasteiger partial charge on any atom is 0.0498 e. The van der Waals surface area contributed by atoms with Gasteiger partial charge in [0.2, 0.25) is 0 Å². The van der Waals surface area contributed by atoms with E-state index in [-0.39, 0.29) is 12.1 Å². The summed E-state index contributed by atoms with van der Waals surface area (Å²) in [5.74, 6) is 0. The Bertz CT molecular complexity index is 313. The summed E-state index contributed by atoms with van der Waals surface area (Å²) in [7, 11) is 0. The molecule has 0 aliphatic heterocycles.